The molecule has 0 radical (unpaired) electrons. The van der Waals surface area contributed by atoms with Gasteiger partial charge in [-0.1, -0.05) is 30.3 Å². The lowest BCUT2D eigenvalue weighted by atomic mass is 10.1. The molecule has 146 valence electrons. The smallest absolute Gasteiger partial charge is 0.272 e. The van der Waals surface area contributed by atoms with E-state index in [4.69, 9.17) is 0 Å². The van der Waals surface area contributed by atoms with Crippen LogP contribution in [0.2, 0.25) is 0 Å². The molecule has 2 heterocycles. The molecule has 0 bridgehead atoms. The Morgan fingerprint density at radius 2 is 1.83 bits per heavy atom. The van der Waals surface area contributed by atoms with Gasteiger partial charge in [-0.25, -0.2) is 4.39 Å². The Balaban J connectivity index is 1.28. The maximum atomic E-state index is 12.9. The summed E-state index contributed by atoms with van der Waals surface area (Å²) in [6, 6.07) is 17.5. The number of fused-ring (bicyclic) bond motifs is 1. The van der Waals surface area contributed by atoms with E-state index in [1.165, 1.54) is 23.1 Å². The van der Waals surface area contributed by atoms with Crippen molar-refractivity contribution in [2.24, 2.45) is 0 Å². The topological polar surface area (TPSA) is 82.7 Å². The van der Waals surface area contributed by atoms with Crippen LogP contribution in [0.1, 0.15) is 21.6 Å². The molecule has 29 heavy (non-hydrogen) atoms. The number of H-pyrrole nitrogens is 1. The SMILES string of the molecule is O=C(NCc1ccc(F)cc1)c1ccc(NCCc2c[nH]c3ccccc23)nn1. The highest BCUT2D eigenvalue weighted by atomic mass is 19.1. The van der Waals surface area contributed by atoms with Crippen LogP contribution in [-0.2, 0) is 13.0 Å². The predicted octanol–water partition coefficient (Wildman–Crippen LogP) is 3.68. The van der Waals surface area contributed by atoms with E-state index in [0.717, 1.165) is 17.5 Å². The number of carbonyl (C=O) groups is 1. The highest BCUT2D eigenvalue weighted by molar-refractivity contribution is 5.92. The number of rotatable bonds is 7. The van der Waals surface area contributed by atoms with Gasteiger partial charge in [0.05, 0.1) is 0 Å². The molecule has 0 saturated carbocycles. The van der Waals surface area contributed by atoms with E-state index < -0.39 is 0 Å². The first kappa shape index (κ1) is 18.6. The number of anilines is 1. The third-order valence-corrected chi connectivity index (χ3v) is 4.64. The lowest BCUT2D eigenvalue weighted by molar-refractivity contribution is 0.0945. The minimum Gasteiger partial charge on any atom is -0.368 e. The maximum Gasteiger partial charge on any atom is 0.272 e. The molecule has 3 N–H and O–H groups in total. The van der Waals surface area contributed by atoms with E-state index in [1.54, 1.807) is 24.3 Å². The molecule has 1 amide bonds. The zero-order chi connectivity index (χ0) is 20.1. The predicted molar refractivity (Wildman–Crippen MR) is 110 cm³/mol. The van der Waals surface area contributed by atoms with Crippen LogP contribution >= 0.6 is 0 Å². The van der Waals surface area contributed by atoms with Crippen molar-refractivity contribution in [1.29, 1.82) is 0 Å². The molecule has 2 aromatic carbocycles. The highest BCUT2D eigenvalue weighted by Gasteiger charge is 2.08. The fourth-order valence-corrected chi connectivity index (χ4v) is 3.09. The van der Waals surface area contributed by atoms with Crippen molar-refractivity contribution in [2.45, 2.75) is 13.0 Å². The average molecular weight is 389 g/mol. The summed E-state index contributed by atoms with van der Waals surface area (Å²) in [7, 11) is 0. The van der Waals surface area contributed by atoms with Crippen LogP contribution in [0.15, 0.2) is 66.9 Å². The molecule has 0 aliphatic heterocycles. The number of aromatic amines is 1. The van der Waals surface area contributed by atoms with Gasteiger partial charge in [0.2, 0.25) is 0 Å². The first-order valence-corrected chi connectivity index (χ1v) is 9.34. The molecule has 0 spiro atoms. The molecule has 0 atom stereocenters. The Labute approximate surface area is 167 Å². The lowest BCUT2D eigenvalue weighted by Crippen LogP contribution is -2.24. The second kappa shape index (κ2) is 8.52. The van der Waals surface area contributed by atoms with Crippen LogP contribution in [0.5, 0.6) is 0 Å². The molecule has 7 heteroatoms. The molecule has 6 nitrogen and oxygen atoms in total. The Morgan fingerprint density at radius 1 is 1.00 bits per heavy atom. The van der Waals surface area contributed by atoms with Crippen LogP contribution in [-0.4, -0.2) is 27.6 Å². The number of aromatic nitrogens is 3. The maximum absolute atomic E-state index is 12.9. The van der Waals surface area contributed by atoms with Crippen molar-refractivity contribution >= 4 is 22.6 Å². The second-order valence-corrected chi connectivity index (χ2v) is 6.65. The van der Waals surface area contributed by atoms with Gasteiger partial charge in [-0.05, 0) is 47.9 Å². The molecular weight excluding hydrogens is 369 g/mol. The quantitative estimate of drug-likeness (QED) is 0.450. The van der Waals surface area contributed by atoms with Crippen LogP contribution in [0.25, 0.3) is 10.9 Å². The van der Waals surface area contributed by atoms with Crippen molar-refractivity contribution in [3.63, 3.8) is 0 Å². The summed E-state index contributed by atoms with van der Waals surface area (Å²) in [5.74, 6) is -0.0224. The van der Waals surface area contributed by atoms with Gasteiger partial charge in [0, 0.05) is 30.2 Å². The monoisotopic (exact) mass is 389 g/mol. The number of nitrogens with zero attached hydrogens (tertiary/aromatic N) is 2. The summed E-state index contributed by atoms with van der Waals surface area (Å²) in [5, 5.41) is 15.2. The zero-order valence-corrected chi connectivity index (χ0v) is 15.7. The molecule has 2 aromatic heterocycles. The summed E-state index contributed by atoms with van der Waals surface area (Å²) >= 11 is 0. The number of hydrogen-bond acceptors (Lipinski definition) is 4. The van der Waals surface area contributed by atoms with E-state index in [2.05, 4.69) is 37.9 Å². The number of carbonyl (C=O) groups excluding carboxylic acids is 1. The third-order valence-electron chi connectivity index (χ3n) is 4.64. The van der Waals surface area contributed by atoms with Crippen LogP contribution in [0, 0.1) is 5.82 Å². The number of para-hydroxylation sites is 1. The van der Waals surface area contributed by atoms with E-state index in [-0.39, 0.29) is 17.4 Å². The number of benzene rings is 2. The minimum atomic E-state index is -0.327. The summed E-state index contributed by atoms with van der Waals surface area (Å²) < 4.78 is 12.9. The van der Waals surface area contributed by atoms with Crippen molar-refractivity contribution in [3.05, 3.63) is 89.5 Å². The lowest BCUT2D eigenvalue weighted by Gasteiger charge is -2.07. The molecule has 0 fully saturated rings. The highest BCUT2D eigenvalue weighted by Crippen LogP contribution is 2.18. The number of hydrogen-bond donors (Lipinski definition) is 3. The van der Waals surface area contributed by atoms with Gasteiger partial charge >= 0.3 is 0 Å². The Kier molecular flexibility index (Phi) is 5.47. The normalized spacial score (nSPS) is 10.8. The van der Waals surface area contributed by atoms with E-state index in [0.29, 0.717) is 18.9 Å². The third kappa shape index (κ3) is 4.57. The fraction of sp³-hybridized carbons (Fsp3) is 0.136. The van der Waals surface area contributed by atoms with Gasteiger partial charge in [-0.2, -0.15) is 0 Å². The zero-order valence-electron chi connectivity index (χ0n) is 15.7. The van der Waals surface area contributed by atoms with E-state index >= 15 is 0 Å². The van der Waals surface area contributed by atoms with Crippen molar-refractivity contribution in [3.8, 4) is 0 Å². The molecule has 0 unspecified atom stereocenters. The average Bonchev–Trinajstić information content (AvgIpc) is 3.17. The minimum absolute atomic E-state index is 0.231. The van der Waals surface area contributed by atoms with Gasteiger partial charge in [0.1, 0.15) is 11.6 Å². The van der Waals surface area contributed by atoms with Crippen molar-refractivity contribution in [1.82, 2.24) is 20.5 Å². The van der Waals surface area contributed by atoms with Gasteiger partial charge in [-0.3, -0.25) is 4.79 Å². The molecule has 4 rings (SSSR count). The van der Waals surface area contributed by atoms with Gasteiger partial charge < -0.3 is 15.6 Å². The standard InChI is InChI=1S/C22H20FN5O/c23-17-7-5-15(6-8-17)13-26-22(29)20-9-10-21(28-27-20)24-12-11-16-14-25-19-4-2-1-3-18(16)19/h1-10,14,25H,11-13H2,(H,24,28)(H,26,29). The second-order valence-electron chi connectivity index (χ2n) is 6.65. The molecule has 0 saturated heterocycles. The summed E-state index contributed by atoms with van der Waals surface area (Å²) in [6.07, 6.45) is 2.86. The molecule has 0 aliphatic rings. The largest absolute Gasteiger partial charge is 0.368 e. The number of amides is 1. The van der Waals surface area contributed by atoms with Crippen LogP contribution < -0.4 is 10.6 Å². The Hall–Kier alpha value is -3.74. The van der Waals surface area contributed by atoms with Crippen molar-refractivity contribution < 1.29 is 9.18 Å². The summed E-state index contributed by atoms with van der Waals surface area (Å²) in [4.78, 5) is 15.4. The molecule has 0 aliphatic carbocycles. The Bertz CT molecular complexity index is 1110. The van der Waals surface area contributed by atoms with Crippen molar-refractivity contribution in [2.75, 3.05) is 11.9 Å². The molecular formula is C22H20FN5O. The first-order valence-electron chi connectivity index (χ1n) is 9.34. The number of nitrogens with one attached hydrogen (secondary N) is 3. The summed E-state index contributed by atoms with van der Waals surface area (Å²) in [6.45, 7) is 0.998. The summed E-state index contributed by atoms with van der Waals surface area (Å²) in [5.41, 5.74) is 3.40. The van der Waals surface area contributed by atoms with Gasteiger partial charge in [0.15, 0.2) is 5.69 Å². The van der Waals surface area contributed by atoms with Crippen LogP contribution in [0.4, 0.5) is 10.2 Å². The fourth-order valence-electron chi connectivity index (χ4n) is 3.09. The molecule has 4 aromatic rings. The van der Waals surface area contributed by atoms with Gasteiger partial charge in [0.25, 0.3) is 5.91 Å². The first-order chi connectivity index (χ1) is 14.2. The number of halogens is 1. The van der Waals surface area contributed by atoms with E-state index in [1.807, 2.05) is 18.3 Å². The van der Waals surface area contributed by atoms with Crippen LogP contribution in [0.3, 0.4) is 0 Å². The van der Waals surface area contributed by atoms with E-state index in [9.17, 15) is 9.18 Å². The Morgan fingerprint density at radius 3 is 2.62 bits per heavy atom. The van der Waals surface area contributed by atoms with Gasteiger partial charge in [-0.15, -0.1) is 10.2 Å².